The second-order valence-corrected chi connectivity index (χ2v) is 6.68. The minimum atomic E-state index is -0.171. The zero-order valence-corrected chi connectivity index (χ0v) is 15.9. The van der Waals surface area contributed by atoms with Crippen molar-refractivity contribution >= 4 is 17.5 Å². The van der Waals surface area contributed by atoms with Crippen LogP contribution in [0.5, 0.6) is 5.75 Å². The van der Waals surface area contributed by atoms with Gasteiger partial charge in [-0.25, -0.2) is 4.68 Å². The van der Waals surface area contributed by atoms with Gasteiger partial charge in [-0.15, -0.1) is 0 Å². The Labute approximate surface area is 153 Å². The van der Waals surface area contributed by atoms with Crippen molar-refractivity contribution in [2.75, 3.05) is 27.2 Å². The van der Waals surface area contributed by atoms with Gasteiger partial charge in [-0.1, -0.05) is 11.6 Å². The normalized spacial score (nSPS) is 11.0. The molecule has 0 saturated carbocycles. The molecule has 136 valence electrons. The van der Waals surface area contributed by atoms with Crippen LogP contribution >= 0.6 is 11.6 Å². The third-order valence-electron chi connectivity index (χ3n) is 3.71. The standard InChI is InChI=1S/C18H25ClN4O2/c1-13-10-15(11-14(2)17(13)19)25-12-23-9-6-16(21-23)18(24)20-7-5-8-22(3)4/h6,9-11H,5,7-8,12H2,1-4H3,(H,20,24). The number of ether oxygens (including phenoxy) is 1. The molecule has 0 saturated heterocycles. The summed E-state index contributed by atoms with van der Waals surface area (Å²) >= 11 is 6.15. The molecule has 0 aliphatic heterocycles. The maximum absolute atomic E-state index is 12.0. The van der Waals surface area contributed by atoms with Gasteiger partial charge < -0.3 is 15.0 Å². The van der Waals surface area contributed by atoms with E-state index in [0.717, 1.165) is 34.9 Å². The third kappa shape index (κ3) is 5.76. The largest absolute Gasteiger partial charge is 0.471 e. The molecule has 0 spiro atoms. The molecule has 0 aliphatic carbocycles. The lowest BCUT2D eigenvalue weighted by Crippen LogP contribution is -2.27. The first-order valence-electron chi connectivity index (χ1n) is 8.22. The number of rotatable bonds is 8. The monoisotopic (exact) mass is 364 g/mol. The molecule has 25 heavy (non-hydrogen) atoms. The average molecular weight is 365 g/mol. The molecule has 0 aliphatic rings. The molecular weight excluding hydrogens is 340 g/mol. The molecule has 1 amide bonds. The summed E-state index contributed by atoms with van der Waals surface area (Å²) < 4.78 is 7.32. The first kappa shape index (κ1) is 19.3. The summed E-state index contributed by atoms with van der Waals surface area (Å²) in [5.74, 6) is 0.556. The quantitative estimate of drug-likeness (QED) is 0.732. The van der Waals surface area contributed by atoms with Crippen LogP contribution in [-0.4, -0.2) is 47.8 Å². The Balaban J connectivity index is 1.86. The number of carbonyl (C=O) groups excluding carboxylic acids is 1. The summed E-state index contributed by atoms with van der Waals surface area (Å²) in [4.78, 5) is 14.1. The van der Waals surface area contributed by atoms with Crippen molar-refractivity contribution in [2.24, 2.45) is 0 Å². The smallest absolute Gasteiger partial charge is 0.271 e. The SMILES string of the molecule is Cc1cc(OCn2ccc(C(=O)NCCCN(C)C)n2)cc(C)c1Cl. The lowest BCUT2D eigenvalue weighted by molar-refractivity contribution is 0.0945. The number of hydrogen-bond donors (Lipinski definition) is 1. The number of aromatic nitrogens is 2. The molecule has 6 nitrogen and oxygen atoms in total. The summed E-state index contributed by atoms with van der Waals surface area (Å²) in [6.45, 7) is 5.67. The highest BCUT2D eigenvalue weighted by atomic mass is 35.5. The Bertz CT molecular complexity index is 705. The Morgan fingerprint density at radius 2 is 2.00 bits per heavy atom. The summed E-state index contributed by atoms with van der Waals surface area (Å²) in [6, 6.07) is 5.46. The Hall–Kier alpha value is -2.05. The van der Waals surface area contributed by atoms with Crippen LogP contribution in [0.15, 0.2) is 24.4 Å². The van der Waals surface area contributed by atoms with E-state index in [1.54, 1.807) is 16.9 Å². The predicted octanol–water partition coefficient (Wildman–Crippen LogP) is 2.87. The van der Waals surface area contributed by atoms with E-state index >= 15 is 0 Å². The molecule has 2 rings (SSSR count). The number of carbonyl (C=O) groups is 1. The van der Waals surface area contributed by atoms with Crippen LogP contribution in [0.1, 0.15) is 28.0 Å². The molecule has 1 aromatic heterocycles. The second-order valence-electron chi connectivity index (χ2n) is 6.30. The molecule has 1 heterocycles. The maximum atomic E-state index is 12.0. The summed E-state index contributed by atoms with van der Waals surface area (Å²) in [5, 5.41) is 7.86. The number of halogens is 1. The van der Waals surface area contributed by atoms with Gasteiger partial charge in [0.25, 0.3) is 5.91 Å². The van der Waals surface area contributed by atoms with Gasteiger partial charge in [0, 0.05) is 17.8 Å². The molecule has 0 radical (unpaired) electrons. The number of aryl methyl sites for hydroxylation is 2. The van der Waals surface area contributed by atoms with Gasteiger partial charge in [0.2, 0.25) is 0 Å². The van der Waals surface area contributed by atoms with E-state index in [9.17, 15) is 4.79 Å². The molecule has 7 heteroatoms. The first-order chi connectivity index (χ1) is 11.9. The predicted molar refractivity (Wildman–Crippen MR) is 99.3 cm³/mol. The molecule has 1 N–H and O–H groups in total. The van der Waals surface area contributed by atoms with Gasteiger partial charge in [-0.3, -0.25) is 4.79 Å². The lowest BCUT2D eigenvalue weighted by Gasteiger charge is -2.10. The van der Waals surface area contributed by atoms with Crippen molar-refractivity contribution in [3.8, 4) is 5.75 Å². The van der Waals surface area contributed by atoms with E-state index in [2.05, 4.69) is 15.3 Å². The highest BCUT2D eigenvalue weighted by Gasteiger charge is 2.09. The average Bonchev–Trinajstić information content (AvgIpc) is 3.03. The molecule has 1 aromatic carbocycles. The topological polar surface area (TPSA) is 59.4 Å². The van der Waals surface area contributed by atoms with Crippen LogP contribution in [0.3, 0.4) is 0 Å². The molecule has 0 bridgehead atoms. The van der Waals surface area contributed by atoms with Crippen molar-refractivity contribution in [1.82, 2.24) is 20.0 Å². The molecule has 2 aromatic rings. The van der Waals surface area contributed by atoms with Gasteiger partial charge in [0.15, 0.2) is 6.73 Å². The Morgan fingerprint density at radius 1 is 1.32 bits per heavy atom. The minimum absolute atomic E-state index is 0.171. The maximum Gasteiger partial charge on any atom is 0.271 e. The second kappa shape index (κ2) is 8.87. The van der Waals surface area contributed by atoms with Gasteiger partial charge in [0.1, 0.15) is 11.4 Å². The highest BCUT2D eigenvalue weighted by Crippen LogP contribution is 2.25. The summed E-state index contributed by atoms with van der Waals surface area (Å²) in [6.07, 6.45) is 2.63. The number of nitrogens with zero attached hydrogens (tertiary/aromatic N) is 3. The van der Waals surface area contributed by atoms with Crippen LogP contribution in [0, 0.1) is 13.8 Å². The van der Waals surface area contributed by atoms with Crippen molar-refractivity contribution in [1.29, 1.82) is 0 Å². The van der Waals surface area contributed by atoms with Crippen LogP contribution in [-0.2, 0) is 6.73 Å². The highest BCUT2D eigenvalue weighted by molar-refractivity contribution is 6.32. The molecule has 0 atom stereocenters. The molecule has 0 fully saturated rings. The van der Waals surface area contributed by atoms with Crippen LogP contribution in [0.4, 0.5) is 0 Å². The van der Waals surface area contributed by atoms with E-state index in [4.69, 9.17) is 16.3 Å². The fraction of sp³-hybridized carbons (Fsp3) is 0.444. The Morgan fingerprint density at radius 3 is 2.64 bits per heavy atom. The van der Waals surface area contributed by atoms with E-state index in [0.29, 0.717) is 12.2 Å². The molecule has 0 unspecified atom stereocenters. The number of benzene rings is 1. The third-order valence-corrected chi connectivity index (χ3v) is 4.31. The number of hydrogen-bond acceptors (Lipinski definition) is 4. The first-order valence-corrected chi connectivity index (χ1v) is 8.60. The van der Waals surface area contributed by atoms with Crippen LogP contribution < -0.4 is 10.1 Å². The van der Waals surface area contributed by atoms with Gasteiger partial charge >= 0.3 is 0 Å². The molecular formula is C18H25ClN4O2. The van der Waals surface area contributed by atoms with Crippen molar-refractivity contribution in [2.45, 2.75) is 27.0 Å². The van der Waals surface area contributed by atoms with Crippen molar-refractivity contribution in [3.63, 3.8) is 0 Å². The Kier molecular flexibility index (Phi) is 6.84. The van der Waals surface area contributed by atoms with Crippen molar-refractivity contribution < 1.29 is 9.53 Å². The van der Waals surface area contributed by atoms with E-state index in [1.165, 1.54) is 0 Å². The fourth-order valence-corrected chi connectivity index (χ4v) is 2.48. The fourth-order valence-electron chi connectivity index (χ4n) is 2.37. The van der Waals surface area contributed by atoms with Gasteiger partial charge in [-0.2, -0.15) is 5.10 Å². The summed E-state index contributed by atoms with van der Waals surface area (Å²) in [5.41, 5.74) is 2.32. The summed E-state index contributed by atoms with van der Waals surface area (Å²) in [7, 11) is 4.01. The van der Waals surface area contributed by atoms with Gasteiger partial charge in [0.05, 0.1) is 0 Å². The number of nitrogens with one attached hydrogen (secondary N) is 1. The van der Waals surface area contributed by atoms with E-state index in [-0.39, 0.29) is 12.6 Å². The van der Waals surface area contributed by atoms with Crippen molar-refractivity contribution in [3.05, 3.63) is 46.2 Å². The number of amides is 1. The lowest BCUT2D eigenvalue weighted by atomic mass is 10.1. The van der Waals surface area contributed by atoms with E-state index < -0.39 is 0 Å². The zero-order valence-electron chi connectivity index (χ0n) is 15.2. The zero-order chi connectivity index (χ0) is 18.4. The van der Waals surface area contributed by atoms with Gasteiger partial charge in [-0.05, 0) is 70.2 Å². The van der Waals surface area contributed by atoms with E-state index in [1.807, 2.05) is 40.1 Å². The van der Waals surface area contributed by atoms with Crippen LogP contribution in [0.2, 0.25) is 5.02 Å². The van der Waals surface area contributed by atoms with Crippen LogP contribution in [0.25, 0.3) is 0 Å². The minimum Gasteiger partial charge on any atom is -0.471 e.